The summed E-state index contributed by atoms with van der Waals surface area (Å²) in [5, 5.41) is 15.2. The maximum atomic E-state index is 10.8. The molecule has 0 aliphatic carbocycles. The zero-order valence-electron chi connectivity index (χ0n) is 13.5. The predicted molar refractivity (Wildman–Crippen MR) is 94.2 cm³/mol. The number of aromatic nitrogens is 1. The molecule has 0 amide bonds. The van der Waals surface area contributed by atoms with E-state index in [9.17, 15) is 10.1 Å². The zero-order valence-corrected chi connectivity index (χ0v) is 14.3. The molecule has 2 heterocycles. The van der Waals surface area contributed by atoms with Gasteiger partial charge in [0.1, 0.15) is 0 Å². The van der Waals surface area contributed by atoms with Gasteiger partial charge in [-0.05, 0) is 24.8 Å². The van der Waals surface area contributed by atoms with E-state index < -0.39 is 0 Å². The molecule has 0 radical (unpaired) electrons. The first kappa shape index (κ1) is 16.1. The number of nitrogens with zero attached hydrogens (tertiary/aromatic N) is 3. The molecule has 1 fully saturated rings. The monoisotopic (exact) mass is 334 g/mol. The molecule has 0 spiro atoms. The van der Waals surface area contributed by atoms with Gasteiger partial charge in [0.2, 0.25) is 0 Å². The molecule has 1 aliphatic rings. The molecule has 3 rings (SSSR count). The Balaban J connectivity index is 1.62. The molecular weight excluding hydrogens is 312 g/mol. The summed E-state index contributed by atoms with van der Waals surface area (Å²) in [5.41, 5.74) is 0.940. The summed E-state index contributed by atoms with van der Waals surface area (Å²) in [5.74, 6) is 0.708. The fraction of sp³-hybridized carbons (Fsp3) is 0.562. The molecule has 2 aromatic rings. The second kappa shape index (κ2) is 6.80. The van der Waals surface area contributed by atoms with E-state index in [1.807, 2.05) is 0 Å². The van der Waals surface area contributed by atoms with Crippen LogP contribution in [0.4, 0.5) is 10.8 Å². The van der Waals surface area contributed by atoms with Crippen molar-refractivity contribution < 1.29 is 4.92 Å². The van der Waals surface area contributed by atoms with E-state index >= 15 is 0 Å². The molecule has 23 heavy (non-hydrogen) atoms. The Morgan fingerprint density at radius 2 is 2.17 bits per heavy atom. The van der Waals surface area contributed by atoms with Crippen LogP contribution in [-0.2, 0) is 0 Å². The number of anilines is 1. The largest absolute Gasteiger partial charge is 0.359 e. The van der Waals surface area contributed by atoms with Crippen LogP contribution in [0.15, 0.2) is 18.2 Å². The predicted octanol–water partition coefficient (Wildman–Crippen LogP) is 3.74. The molecule has 0 unspecified atom stereocenters. The lowest BCUT2D eigenvalue weighted by Crippen LogP contribution is -2.40. The molecule has 1 aromatic carbocycles. The molecule has 7 heteroatoms. The summed E-state index contributed by atoms with van der Waals surface area (Å²) in [6.45, 7) is 7.91. The molecule has 1 aliphatic heterocycles. The normalized spacial score (nSPS) is 17.0. The highest BCUT2D eigenvalue weighted by Crippen LogP contribution is 2.30. The average molecular weight is 334 g/mol. The molecule has 1 N–H and O–H groups in total. The first-order valence-corrected chi connectivity index (χ1v) is 8.87. The Labute approximate surface area is 139 Å². The number of nitro groups is 1. The number of non-ortho nitro benzene ring substituents is 1. The number of nitro benzene ring substituents is 1. The van der Waals surface area contributed by atoms with Crippen LogP contribution in [-0.4, -0.2) is 40.5 Å². The van der Waals surface area contributed by atoms with Crippen LogP contribution in [0.1, 0.15) is 26.7 Å². The number of fused-ring (bicyclic) bond motifs is 1. The van der Waals surface area contributed by atoms with E-state index in [1.54, 1.807) is 12.1 Å². The average Bonchev–Trinajstić information content (AvgIpc) is 2.90. The minimum atomic E-state index is -0.364. The second-order valence-corrected chi connectivity index (χ2v) is 7.57. The van der Waals surface area contributed by atoms with Crippen LogP contribution < -0.4 is 5.32 Å². The number of likely N-dealkylation sites (tertiary alicyclic amines) is 1. The first-order valence-electron chi connectivity index (χ1n) is 8.05. The number of benzene rings is 1. The topological polar surface area (TPSA) is 71.3 Å². The third kappa shape index (κ3) is 3.97. The van der Waals surface area contributed by atoms with Gasteiger partial charge in [-0.3, -0.25) is 10.1 Å². The van der Waals surface area contributed by atoms with Crippen molar-refractivity contribution in [3.8, 4) is 0 Å². The third-order valence-corrected chi connectivity index (χ3v) is 5.07. The Morgan fingerprint density at radius 1 is 1.43 bits per heavy atom. The number of thiazole rings is 1. The van der Waals surface area contributed by atoms with Crippen molar-refractivity contribution in [2.24, 2.45) is 5.92 Å². The van der Waals surface area contributed by atoms with Gasteiger partial charge in [-0.25, -0.2) is 4.98 Å². The minimum absolute atomic E-state index is 0.120. The number of hydrogen-bond donors (Lipinski definition) is 1. The Kier molecular flexibility index (Phi) is 4.77. The van der Waals surface area contributed by atoms with Gasteiger partial charge in [0.15, 0.2) is 5.13 Å². The fourth-order valence-corrected chi connectivity index (χ4v) is 4.02. The maximum absolute atomic E-state index is 10.8. The third-order valence-electron chi connectivity index (χ3n) is 4.12. The highest BCUT2D eigenvalue weighted by atomic mass is 32.1. The maximum Gasteiger partial charge on any atom is 0.270 e. The van der Waals surface area contributed by atoms with Gasteiger partial charge >= 0.3 is 0 Å². The summed E-state index contributed by atoms with van der Waals surface area (Å²) in [6.07, 6.45) is 2.23. The lowest BCUT2D eigenvalue weighted by molar-refractivity contribution is -0.384. The summed E-state index contributed by atoms with van der Waals surface area (Å²) < 4.78 is 0.860. The quantitative estimate of drug-likeness (QED) is 0.666. The Hall–Kier alpha value is -1.73. The van der Waals surface area contributed by atoms with Gasteiger partial charge in [0.05, 0.1) is 15.1 Å². The van der Waals surface area contributed by atoms with E-state index in [4.69, 9.17) is 0 Å². The van der Waals surface area contributed by atoms with Gasteiger partial charge < -0.3 is 10.2 Å². The summed E-state index contributed by atoms with van der Waals surface area (Å²) in [4.78, 5) is 17.5. The lowest BCUT2D eigenvalue weighted by atomic mass is 10.0. The molecule has 1 saturated heterocycles. The second-order valence-electron chi connectivity index (χ2n) is 6.54. The van der Waals surface area contributed by atoms with Crippen LogP contribution in [0.3, 0.4) is 0 Å². The zero-order chi connectivity index (χ0) is 16.4. The van der Waals surface area contributed by atoms with Gasteiger partial charge in [0, 0.05) is 37.8 Å². The highest BCUT2D eigenvalue weighted by Gasteiger charge is 2.20. The minimum Gasteiger partial charge on any atom is -0.359 e. The summed E-state index contributed by atoms with van der Waals surface area (Å²) in [6, 6.07) is 5.27. The van der Waals surface area contributed by atoms with Crippen LogP contribution >= 0.6 is 11.3 Å². The van der Waals surface area contributed by atoms with Gasteiger partial charge in [0.25, 0.3) is 5.69 Å². The summed E-state index contributed by atoms with van der Waals surface area (Å²) >= 11 is 1.49. The van der Waals surface area contributed by atoms with Gasteiger partial charge in [-0.15, -0.1) is 0 Å². The molecule has 124 valence electrons. The molecule has 0 atom stereocenters. The lowest BCUT2D eigenvalue weighted by Gasteiger charge is -2.33. The summed E-state index contributed by atoms with van der Waals surface area (Å²) in [7, 11) is 0. The smallest absolute Gasteiger partial charge is 0.270 e. The molecule has 1 aromatic heterocycles. The van der Waals surface area contributed by atoms with Crippen molar-refractivity contribution in [1.29, 1.82) is 0 Å². The molecule has 6 nitrogen and oxygen atoms in total. The first-order chi connectivity index (χ1) is 11.0. The molecular formula is C16H22N4O2S. The fourth-order valence-electron chi connectivity index (χ4n) is 3.04. The van der Waals surface area contributed by atoms with Crippen molar-refractivity contribution in [3.05, 3.63) is 28.3 Å². The Morgan fingerprint density at radius 3 is 2.83 bits per heavy atom. The number of rotatable bonds is 5. The molecule has 0 bridgehead atoms. The standard InChI is InChI=1S/C16H22N4O2S/c1-11(2)10-19-7-5-12(6-8-19)17-16-18-14-4-3-13(20(21)22)9-15(14)23-16/h3-4,9,11-12H,5-8,10H2,1-2H3,(H,17,18). The van der Waals surface area contributed by atoms with Gasteiger partial charge in [-0.2, -0.15) is 0 Å². The van der Waals surface area contributed by atoms with Crippen molar-refractivity contribution in [3.63, 3.8) is 0 Å². The highest BCUT2D eigenvalue weighted by molar-refractivity contribution is 7.22. The van der Waals surface area contributed by atoms with E-state index in [1.165, 1.54) is 17.4 Å². The van der Waals surface area contributed by atoms with Crippen molar-refractivity contribution in [2.45, 2.75) is 32.7 Å². The Bertz CT molecular complexity index is 692. The number of hydrogen-bond acceptors (Lipinski definition) is 6. The van der Waals surface area contributed by atoms with E-state index in [0.717, 1.165) is 47.8 Å². The van der Waals surface area contributed by atoms with Gasteiger partial charge in [-0.1, -0.05) is 25.2 Å². The molecule has 0 saturated carbocycles. The van der Waals surface area contributed by atoms with Crippen LogP contribution in [0, 0.1) is 16.0 Å². The number of piperidine rings is 1. The van der Waals surface area contributed by atoms with E-state index in [-0.39, 0.29) is 10.6 Å². The van der Waals surface area contributed by atoms with Crippen molar-refractivity contribution in [2.75, 3.05) is 25.0 Å². The van der Waals surface area contributed by atoms with Crippen LogP contribution in [0.25, 0.3) is 10.2 Å². The van der Waals surface area contributed by atoms with Crippen LogP contribution in [0.2, 0.25) is 0 Å². The SMILES string of the molecule is CC(C)CN1CCC(Nc2nc3ccc([N+](=O)[O-])cc3s2)CC1. The van der Waals surface area contributed by atoms with Crippen molar-refractivity contribution >= 4 is 32.4 Å². The van der Waals surface area contributed by atoms with E-state index in [0.29, 0.717) is 12.0 Å². The van der Waals surface area contributed by atoms with Crippen molar-refractivity contribution in [1.82, 2.24) is 9.88 Å². The van der Waals surface area contributed by atoms with Crippen LogP contribution in [0.5, 0.6) is 0 Å². The van der Waals surface area contributed by atoms with E-state index in [2.05, 4.69) is 29.0 Å². The number of nitrogens with one attached hydrogen (secondary N) is 1.